The van der Waals surface area contributed by atoms with Gasteiger partial charge in [0, 0.05) is 0 Å². The molecule has 0 radical (unpaired) electrons. The topological polar surface area (TPSA) is 77.3 Å². The lowest BCUT2D eigenvalue weighted by Crippen LogP contribution is -2.05. The van der Waals surface area contributed by atoms with E-state index in [2.05, 4.69) is 10.2 Å². The molecule has 0 bridgehead atoms. The lowest BCUT2D eigenvalue weighted by Gasteiger charge is -2.02. The normalized spacial score (nSPS) is 10.4. The molecular formula is C13H16N2O4. The van der Waals surface area contributed by atoms with Crippen molar-refractivity contribution in [2.45, 2.75) is 26.7 Å². The first-order chi connectivity index (χ1) is 9.13. The van der Waals surface area contributed by atoms with Crippen molar-refractivity contribution in [1.82, 2.24) is 0 Å². The summed E-state index contributed by atoms with van der Waals surface area (Å²) in [6.07, 6.45) is -0.203. The number of carbonyl (C=O) groups excluding carboxylic acids is 2. The Morgan fingerprint density at radius 1 is 1.16 bits per heavy atom. The molecule has 0 fully saturated rings. The summed E-state index contributed by atoms with van der Waals surface area (Å²) in [5, 5.41) is 6.24. The Balaban J connectivity index is 2.43. The quantitative estimate of drug-likeness (QED) is 0.610. The molecule has 0 saturated heterocycles. The Morgan fingerprint density at radius 2 is 1.84 bits per heavy atom. The van der Waals surface area contributed by atoms with Crippen LogP contribution in [0.25, 0.3) is 0 Å². The van der Waals surface area contributed by atoms with E-state index in [1.807, 2.05) is 13.0 Å². The molecule has 19 heavy (non-hydrogen) atoms. The first kappa shape index (κ1) is 14.8. The fourth-order valence-corrected chi connectivity index (χ4v) is 1.20. The third-order valence-electron chi connectivity index (χ3n) is 2.23. The molecule has 2 amide bonds. The maximum Gasteiger partial charge on any atom is 0.458 e. The van der Waals surface area contributed by atoms with E-state index < -0.39 is 12.2 Å². The Labute approximate surface area is 111 Å². The minimum absolute atomic E-state index is 0.265. The minimum atomic E-state index is -0.957. The number of benzene rings is 1. The summed E-state index contributed by atoms with van der Waals surface area (Å²) in [6.45, 7) is 4.02. The first-order valence-electron chi connectivity index (χ1n) is 5.99. The van der Waals surface area contributed by atoms with E-state index in [9.17, 15) is 9.59 Å². The molecule has 0 N–H and O–H groups in total. The minimum Gasteiger partial charge on any atom is -0.447 e. The summed E-state index contributed by atoms with van der Waals surface area (Å²) in [5.41, 5.74) is 0.788. The maximum absolute atomic E-state index is 11.3. The molecule has 102 valence electrons. The van der Waals surface area contributed by atoms with Crippen LogP contribution in [0.5, 0.6) is 5.75 Å². The molecule has 6 nitrogen and oxygen atoms in total. The van der Waals surface area contributed by atoms with Crippen LogP contribution in [0, 0.1) is 6.92 Å². The maximum atomic E-state index is 11.3. The van der Waals surface area contributed by atoms with Crippen molar-refractivity contribution in [3.63, 3.8) is 0 Å². The van der Waals surface area contributed by atoms with Gasteiger partial charge in [-0.25, -0.2) is 9.59 Å². The van der Waals surface area contributed by atoms with Crippen LogP contribution in [0.4, 0.5) is 9.59 Å². The van der Waals surface area contributed by atoms with E-state index in [1.165, 1.54) is 0 Å². The number of aryl methyl sites for hydroxylation is 1. The van der Waals surface area contributed by atoms with Gasteiger partial charge in [0.2, 0.25) is 0 Å². The van der Waals surface area contributed by atoms with Crippen molar-refractivity contribution in [3.8, 4) is 5.75 Å². The van der Waals surface area contributed by atoms with E-state index in [-0.39, 0.29) is 6.61 Å². The molecule has 0 heterocycles. The van der Waals surface area contributed by atoms with Gasteiger partial charge in [-0.1, -0.05) is 41.8 Å². The second-order valence-corrected chi connectivity index (χ2v) is 3.80. The van der Waals surface area contributed by atoms with Crippen molar-refractivity contribution in [3.05, 3.63) is 29.8 Å². The van der Waals surface area contributed by atoms with Gasteiger partial charge in [-0.15, -0.1) is 0 Å². The Kier molecular flexibility index (Phi) is 6.21. The Hall–Kier alpha value is -2.24. The fraction of sp³-hybridized carbons (Fsp3) is 0.385. The van der Waals surface area contributed by atoms with Crippen LogP contribution in [0.15, 0.2) is 34.5 Å². The van der Waals surface area contributed by atoms with E-state index in [1.54, 1.807) is 25.1 Å². The third kappa shape index (κ3) is 5.76. The molecular weight excluding hydrogens is 248 g/mol. The number of nitrogens with zero attached hydrogens (tertiary/aromatic N) is 2. The number of azo groups is 1. The molecule has 0 aromatic heterocycles. The van der Waals surface area contributed by atoms with Crippen LogP contribution in [-0.2, 0) is 4.74 Å². The smallest absolute Gasteiger partial charge is 0.447 e. The zero-order chi connectivity index (χ0) is 14.1. The molecule has 0 atom stereocenters. The van der Waals surface area contributed by atoms with Crippen molar-refractivity contribution in [2.75, 3.05) is 6.61 Å². The molecule has 1 aromatic rings. The van der Waals surface area contributed by atoms with Crippen LogP contribution in [-0.4, -0.2) is 18.8 Å². The van der Waals surface area contributed by atoms with Crippen LogP contribution in [0.1, 0.15) is 25.3 Å². The van der Waals surface area contributed by atoms with Gasteiger partial charge in [-0.3, -0.25) is 0 Å². The standard InChI is InChI=1S/C13H16N2O4/c1-3-4-9-18-12(16)14-15-13(17)19-11-8-6-5-7-10(11)2/h5-8H,3-4,9H2,1-2H3. The van der Waals surface area contributed by atoms with Gasteiger partial charge in [0.25, 0.3) is 0 Å². The largest absolute Gasteiger partial charge is 0.458 e. The molecule has 0 aliphatic heterocycles. The second-order valence-electron chi connectivity index (χ2n) is 3.80. The summed E-state index contributed by atoms with van der Waals surface area (Å²) in [7, 11) is 0. The lowest BCUT2D eigenvalue weighted by atomic mass is 10.2. The zero-order valence-corrected chi connectivity index (χ0v) is 11.0. The molecule has 6 heteroatoms. The van der Waals surface area contributed by atoms with Crippen LogP contribution < -0.4 is 4.74 Å². The predicted molar refractivity (Wildman–Crippen MR) is 68.3 cm³/mol. The summed E-state index contributed by atoms with van der Waals surface area (Å²) in [4.78, 5) is 22.4. The van der Waals surface area contributed by atoms with E-state index in [0.29, 0.717) is 5.75 Å². The van der Waals surface area contributed by atoms with Gasteiger partial charge < -0.3 is 9.47 Å². The number of rotatable bonds is 4. The molecule has 0 aliphatic carbocycles. The second kappa shape index (κ2) is 7.97. The summed E-state index contributed by atoms with van der Waals surface area (Å²) in [6, 6.07) is 6.96. The third-order valence-corrected chi connectivity index (χ3v) is 2.23. The summed E-state index contributed by atoms with van der Waals surface area (Å²) in [5.74, 6) is 0.380. The molecule has 0 unspecified atom stereocenters. The van der Waals surface area contributed by atoms with Gasteiger partial charge >= 0.3 is 12.2 Å². The van der Waals surface area contributed by atoms with Crippen molar-refractivity contribution in [1.29, 1.82) is 0 Å². The van der Waals surface area contributed by atoms with E-state index in [4.69, 9.17) is 9.47 Å². The van der Waals surface area contributed by atoms with Gasteiger partial charge in [0.1, 0.15) is 5.75 Å². The molecule has 1 rings (SSSR count). The average Bonchev–Trinajstić information content (AvgIpc) is 2.39. The van der Waals surface area contributed by atoms with Crippen LogP contribution in [0.2, 0.25) is 0 Å². The monoisotopic (exact) mass is 264 g/mol. The number of unbranched alkanes of at least 4 members (excludes halogenated alkanes) is 1. The number of ether oxygens (including phenoxy) is 2. The predicted octanol–water partition coefficient (Wildman–Crippen LogP) is 3.88. The summed E-state index contributed by atoms with van der Waals surface area (Å²) < 4.78 is 9.61. The molecule has 0 spiro atoms. The highest BCUT2D eigenvalue weighted by Crippen LogP contribution is 2.16. The average molecular weight is 264 g/mol. The van der Waals surface area contributed by atoms with E-state index in [0.717, 1.165) is 18.4 Å². The highest BCUT2D eigenvalue weighted by Gasteiger charge is 2.06. The van der Waals surface area contributed by atoms with Crippen LogP contribution in [0.3, 0.4) is 0 Å². The summed E-state index contributed by atoms with van der Waals surface area (Å²) >= 11 is 0. The van der Waals surface area contributed by atoms with Crippen LogP contribution >= 0.6 is 0 Å². The van der Waals surface area contributed by atoms with E-state index >= 15 is 0 Å². The number of carbonyl (C=O) groups is 2. The SMILES string of the molecule is CCCCOC(=O)N=NC(=O)Oc1ccccc1C. The van der Waals surface area contributed by atoms with Gasteiger partial charge in [-0.2, -0.15) is 0 Å². The molecule has 0 aliphatic rings. The van der Waals surface area contributed by atoms with Crippen molar-refractivity contribution in [2.24, 2.45) is 10.2 Å². The van der Waals surface area contributed by atoms with Gasteiger partial charge in [0.15, 0.2) is 0 Å². The lowest BCUT2D eigenvalue weighted by molar-refractivity contribution is 0.152. The number of para-hydroxylation sites is 1. The Morgan fingerprint density at radius 3 is 2.53 bits per heavy atom. The van der Waals surface area contributed by atoms with Crippen molar-refractivity contribution < 1.29 is 19.1 Å². The Bertz CT molecular complexity index is 471. The first-order valence-corrected chi connectivity index (χ1v) is 5.99. The highest BCUT2D eigenvalue weighted by molar-refractivity contribution is 5.74. The molecule has 1 aromatic carbocycles. The highest BCUT2D eigenvalue weighted by atomic mass is 16.6. The molecule has 0 saturated carbocycles. The fourth-order valence-electron chi connectivity index (χ4n) is 1.20. The number of hydrogen-bond donors (Lipinski definition) is 0. The van der Waals surface area contributed by atoms with Gasteiger partial charge in [0.05, 0.1) is 6.61 Å². The zero-order valence-electron chi connectivity index (χ0n) is 11.0. The number of hydrogen-bond acceptors (Lipinski definition) is 4. The van der Waals surface area contributed by atoms with Gasteiger partial charge in [-0.05, 0) is 25.0 Å². The number of amides is 2. The van der Waals surface area contributed by atoms with Crippen molar-refractivity contribution >= 4 is 12.2 Å².